The number of hydrogen-bond donors (Lipinski definition) is 2. The zero-order valence-corrected chi connectivity index (χ0v) is 13.5. The molecule has 2 aromatic carbocycles. The van der Waals surface area contributed by atoms with Crippen LogP contribution in [0.1, 0.15) is 11.1 Å². The first-order valence-electron chi connectivity index (χ1n) is 7.63. The minimum atomic E-state index is -1.02. The predicted molar refractivity (Wildman–Crippen MR) is 95.7 cm³/mol. The molecule has 0 aliphatic carbocycles. The fourth-order valence-electron chi connectivity index (χ4n) is 2.19. The average Bonchev–Trinajstić information content (AvgIpc) is 2.63. The van der Waals surface area contributed by atoms with Gasteiger partial charge in [-0.05, 0) is 35.2 Å². The lowest BCUT2D eigenvalue weighted by Gasteiger charge is -2.04. The minimum Gasteiger partial charge on any atom is -0.465 e. The molecule has 1 amide bonds. The number of pyridine rings is 1. The first-order valence-corrected chi connectivity index (χ1v) is 7.63. The standard InChI is InChI=1S/C13H12.C7H8N2O2/c1-11-7-5-6-10-13(11)12-8-3-2-4-9-12;10-7(11)9-5-6-2-1-3-8-4-6/h2-10H,1H3;1-4,9H,5H2,(H,10,11). The van der Waals surface area contributed by atoms with Gasteiger partial charge in [0.25, 0.3) is 0 Å². The van der Waals surface area contributed by atoms with E-state index in [4.69, 9.17) is 5.11 Å². The van der Waals surface area contributed by atoms with Crippen LogP contribution in [0.4, 0.5) is 4.79 Å². The summed E-state index contributed by atoms with van der Waals surface area (Å²) in [6, 6.07) is 22.5. The van der Waals surface area contributed by atoms with Crippen LogP contribution < -0.4 is 5.32 Å². The highest BCUT2D eigenvalue weighted by atomic mass is 16.4. The first kappa shape index (κ1) is 17.2. The number of benzene rings is 2. The zero-order valence-electron chi connectivity index (χ0n) is 13.5. The molecule has 1 aromatic heterocycles. The van der Waals surface area contributed by atoms with Crippen molar-refractivity contribution in [2.45, 2.75) is 13.5 Å². The Morgan fingerprint density at radius 2 is 1.71 bits per heavy atom. The molecule has 3 rings (SSSR count). The van der Waals surface area contributed by atoms with Crippen LogP contribution in [0, 0.1) is 6.92 Å². The Morgan fingerprint density at radius 1 is 1.00 bits per heavy atom. The van der Waals surface area contributed by atoms with E-state index < -0.39 is 6.09 Å². The molecule has 122 valence electrons. The van der Waals surface area contributed by atoms with Crippen LogP contribution in [0.2, 0.25) is 0 Å². The maximum Gasteiger partial charge on any atom is 0.404 e. The molecule has 0 aliphatic heterocycles. The zero-order chi connectivity index (χ0) is 17.2. The van der Waals surface area contributed by atoms with Crippen molar-refractivity contribution >= 4 is 6.09 Å². The van der Waals surface area contributed by atoms with Crippen LogP contribution in [-0.2, 0) is 6.54 Å². The van der Waals surface area contributed by atoms with E-state index in [1.165, 1.54) is 16.7 Å². The van der Waals surface area contributed by atoms with Crippen molar-refractivity contribution in [1.82, 2.24) is 10.3 Å². The van der Waals surface area contributed by atoms with E-state index >= 15 is 0 Å². The van der Waals surface area contributed by atoms with Gasteiger partial charge in [0.05, 0.1) is 0 Å². The lowest BCUT2D eigenvalue weighted by molar-refractivity contribution is 0.194. The number of carboxylic acid groups (broad SMARTS) is 1. The van der Waals surface area contributed by atoms with E-state index in [2.05, 4.69) is 65.8 Å². The van der Waals surface area contributed by atoms with E-state index in [1.54, 1.807) is 18.5 Å². The number of nitrogens with zero attached hydrogens (tertiary/aromatic N) is 1. The molecule has 4 nitrogen and oxygen atoms in total. The highest BCUT2D eigenvalue weighted by Gasteiger charge is 1.97. The number of hydrogen-bond acceptors (Lipinski definition) is 2. The Morgan fingerprint density at radius 3 is 2.33 bits per heavy atom. The number of nitrogens with one attached hydrogen (secondary N) is 1. The summed E-state index contributed by atoms with van der Waals surface area (Å²) in [7, 11) is 0. The molecule has 0 radical (unpaired) electrons. The third kappa shape index (κ3) is 5.57. The van der Waals surface area contributed by atoms with Crippen LogP contribution >= 0.6 is 0 Å². The lowest BCUT2D eigenvalue weighted by Crippen LogP contribution is -2.19. The van der Waals surface area contributed by atoms with Gasteiger partial charge < -0.3 is 10.4 Å². The maximum atomic E-state index is 10.0. The van der Waals surface area contributed by atoms with Gasteiger partial charge in [0, 0.05) is 18.9 Å². The smallest absolute Gasteiger partial charge is 0.404 e. The number of aromatic nitrogens is 1. The van der Waals surface area contributed by atoms with E-state index in [1.807, 2.05) is 12.1 Å². The van der Waals surface area contributed by atoms with Crippen LogP contribution in [-0.4, -0.2) is 16.2 Å². The second kappa shape index (κ2) is 9.10. The van der Waals surface area contributed by atoms with Gasteiger partial charge in [-0.3, -0.25) is 4.98 Å². The van der Waals surface area contributed by atoms with Crippen molar-refractivity contribution in [3.05, 3.63) is 90.3 Å². The fraction of sp³-hybridized carbons (Fsp3) is 0.100. The molecule has 0 spiro atoms. The average molecular weight is 320 g/mol. The summed E-state index contributed by atoms with van der Waals surface area (Å²) in [4.78, 5) is 13.9. The van der Waals surface area contributed by atoms with Gasteiger partial charge in [-0.2, -0.15) is 0 Å². The Balaban J connectivity index is 0.000000177. The summed E-state index contributed by atoms with van der Waals surface area (Å²) in [5.41, 5.74) is 4.80. The number of carbonyl (C=O) groups is 1. The van der Waals surface area contributed by atoms with Crippen molar-refractivity contribution in [2.75, 3.05) is 0 Å². The van der Waals surface area contributed by atoms with Gasteiger partial charge in [0.2, 0.25) is 0 Å². The quantitative estimate of drug-likeness (QED) is 0.746. The summed E-state index contributed by atoms with van der Waals surface area (Å²) in [6.07, 6.45) is 2.24. The second-order valence-electron chi connectivity index (χ2n) is 5.20. The molecule has 24 heavy (non-hydrogen) atoms. The molecule has 0 saturated heterocycles. The van der Waals surface area contributed by atoms with Gasteiger partial charge in [-0.15, -0.1) is 0 Å². The third-order valence-electron chi connectivity index (χ3n) is 3.40. The van der Waals surface area contributed by atoms with E-state index in [0.29, 0.717) is 6.54 Å². The molecule has 0 aliphatic rings. The van der Waals surface area contributed by atoms with Crippen molar-refractivity contribution < 1.29 is 9.90 Å². The van der Waals surface area contributed by atoms with E-state index in [0.717, 1.165) is 5.56 Å². The minimum absolute atomic E-state index is 0.309. The predicted octanol–water partition coefficient (Wildman–Crippen LogP) is 4.51. The molecule has 0 saturated carbocycles. The topological polar surface area (TPSA) is 62.2 Å². The molecule has 0 atom stereocenters. The SMILES string of the molecule is Cc1ccccc1-c1ccccc1.O=C(O)NCc1cccnc1. The van der Waals surface area contributed by atoms with Gasteiger partial charge in [-0.1, -0.05) is 60.7 Å². The molecular weight excluding hydrogens is 300 g/mol. The van der Waals surface area contributed by atoms with Crippen LogP contribution in [0.3, 0.4) is 0 Å². The summed E-state index contributed by atoms with van der Waals surface area (Å²) >= 11 is 0. The molecular formula is C20H20N2O2. The van der Waals surface area contributed by atoms with E-state index in [-0.39, 0.29) is 0 Å². The first-order chi connectivity index (χ1) is 11.7. The summed E-state index contributed by atoms with van der Waals surface area (Å²) in [6.45, 7) is 2.45. The Labute approximate surface area is 141 Å². The number of rotatable bonds is 3. The molecule has 1 heterocycles. The Bertz CT molecular complexity index is 759. The van der Waals surface area contributed by atoms with Crippen molar-refractivity contribution in [3.8, 4) is 11.1 Å². The largest absolute Gasteiger partial charge is 0.465 e. The van der Waals surface area contributed by atoms with E-state index in [9.17, 15) is 4.79 Å². The molecule has 3 aromatic rings. The molecule has 0 unspecified atom stereocenters. The molecule has 4 heteroatoms. The van der Waals surface area contributed by atoms with Gasteiger partial charge in [-0.25, -0.2) is 4.79 Å². The monoisotopic (exact) mass is 320 g/mol. The Hall–Kier alpha value is -3.14. The molecule has 2 N–H and O–H groups in total. The van der Waals surface area contributed by atoms with Crippen LogP contribution in [0.15, 0.2) is 79.1 Å². The normalized spacial score (nSPS) is 9.54. The van der Waals surface area contributed by atoms with Crippen molar-refractivity contribution in [3.63, 3.8) is 0 Å². The molecule has 0 bridgehead atoms. The van der Waals surface area contributed by atoms with Crippen molar-refractivity contribution in [1.29, 1.82) is 0 Å². The fourth-order valence-corrected chi connectivity index (χ4v) is 2.19. The highest BCUT2D eigenvalue weighted by molar-refractivity contribution is 5.66. The summed E-state index contributed by atoms with van der Waals surface area (Å²) < 4.78 is 0. The number of aryl methyl sites for hydroxylation is 1. The maximum absolute atomic E-state index is 10.0. The third-order valence-corrected chi connectivity index (χ3v) is 3.40. The van der Waals surface area contributed by atoms with Crippen molar-refractivity contribution in [2.24, 2.45) is 0 Å². The van der Waals surface area contributed by atoms with Crippen LogP contribution in [0.5, 0.6) is 0 Å². The van der Waals surface area contributed by atoms with Gasteiger partial charge in [0.15, 0.2) is 0 Å². The summed E-state index contributed by atoms with van der Waals surface area (Å²) in [5, 5.41) is 10.5. The Kier molecular flexibility index (Phi) is 6.53. The van der Waals surface area contributed by atoms with Crippen LogP contribution in [0.25, 0.3) is 11.1 Å². The molecule has 0 fully saturated rings. The number of amides is 1. The second-order valence-corrected chi connectivity index (χ2v) is 5.20. The lowest BCUT2D eigenvalue weighted by atomic mass is 10.0. The van der Waals surface area contributed by atoms with Gasteiger partial charge >= 0.3 is 6.09 Å². The highest BCUT2D eigenvalue weighted by Crippen LogP contribution is 2.21. The van der Waals surface area contributed by atoms with Gasteiger partial charge in [0.1, 0.15) is 0 Å². The summed E-state index contributed by atoms with van der Waals surface area (Å²) in [5.74, 6) is 0.